The van der Waals surface area contributed by atoms with Crippen molar-refractivity contribution in [1.29, 1.82) is 0 Å². The van der Waals surface area contributed by atoms with E-state index >= 15 is 0 Å². The Balaban J connectivity index is 1.57. The van der Waals surface area contributed by atoms with E-state index < -0.39 is 0 Å². The molecule has 0 saturated carbocycles. The van der Waals surface area contributed by atoms with Crippen LogP contribution in [0, 0.1) is 13.8 Å². The Labute approximate surface area is 173 Å². The van der Waals surface area contributed by atoms with Gasteiger partial charge in [-0.05, 0) is 66.9 Å². The Kier molecular flexibility index (Phi) is 5.28. The Hall–Kier alpha value is -3.24. The number of benzene rings is 3. The zero-order valence-corrected chi connectivity index (χ0v) is 16.8. The molecule has 0 saturated heterocycles. The SMILES string of the molecule is Cc1cc(C)cc(Oc2coc3cc(OCc4cccc(Cl)c4)ccc3c2=O)c1. The summed E-state index contributed by atoms with van der Waals surface area (Å²) in [6, 6.07) is 18.4. The van der Waals surface area contributed by atoms with Crippen LogP contribution in [-0.4, -0.2) is 0 Å². The third kappa shape index (κ3) is 4.44. The summed E-state index contributed by atoms with van der Waals surface area (Å²) in [6.07, 6.45) is 1.34. The van der Waals surface area contributed by atoms with Crippen molar-refractivity contribution in [1.82, 2.24) is 0 Å². The van der Waals surface area contributed by atoms with Gasteiger partial charge in [0.15, 0.2) is 0 Å². The predicted octanol–water partition coefficient (Wildman–Crippen LogP) is 6.43. The van der Waals surface area contributed by atoms with E-state index in [1.54, 1.807) is 18.2 Å². The van der Waals surface area contributed by atoms with Gasteiger partial charge in [-0.15, -0.1) is 0 Å². The topological polar surface area (TPSA) is 48.7 Å². The second-order valence-corrected chi connectivity index (χ2v) is 7.37. The molecule has 0 aliphatic heterocycles. The smallest absolute Gasteiger partial charge is 0.235 e. The van der Waals surface area contributed by atoms with Gasteiger partial charge in [0, 0.05) is 11.1 Å². The van der Waals surface area contributed by atoms with Crippen molar-refractivity contribution in [3.05, 3.63) is 98.9 Å². The van der Waals surface area contributed by atoms with Gasteiger partial charge in [-0.2, -0.15) is 0 Å². The minimum absolute atomic E-state index is 0.148. The van der Waals surface area contributed by atoms with Crippen molar-refractivity contribution >= 4 is 22.6 Å². The molecule has 4 nitrogen and oxygen atoms in total. The fraction of sp³-hybridized carbons (Fsp3) is 0.125. The van der Waals surface area contributed by atoms with E-state index in [0.29, 0.717) is 34.1 Å². The molecule has 0 spiro atoms. The van der Waals surface area contributed by atoms with Crippen LogP contribution in [0.25, 0.3) is 11.0 Å². The van der Waals surface area contributed by atoms with Gasteiger partial charge in [-0.25, -0.2) is 0 Å². The van der Waals surface area contributed by atoms with Crippen LogP contribution in [0.2, 0.25) is 5.02 Å². The molecule has 4 aromatic rings. The molecule has 0 N–H and O–H groups in total. The van der Waals surface area contributed by atoms with Crippen LogP contribution >= 0.6 is 11.6 Å². The molecular weight excluding hydrogens is 388 g/mol. The highest BCUT2D eigenvalue weighted by atomic mass is 35.5. The zero-order valence-electron chi connectivity index (χ0n) is 16.1. The predicted molar refractivity (Wildman–Crippen MR) is 114 cm³/mol. The van der Waals surface area contributed by atoms with Gasteiger partial charge in [0.25, 0.3) is 0 Å². The molecule has 146 valence electrons. The number of halogens is 1. The highest BCUT2D eigenvalue weighted by molar-refractivity contribution is 6.30. The quantitative estimate of drug-likeness (QED) is 0.383. The van der Waals surface area contributed by atoms with E-state index in [0.717, 1.165) is 16.7 Å². The van der Waals surface area contributed by atoms with Gasteiger partial charge in [0.05, 0.1) is 5.39 Å². The molecule has 29 heavy (non-hydrogen) atoms. The van der Waals surface area contributed by atoms with Crippen molar-refractivity contribution in [2.24, 2.45) is 0 Å². The van der Waals surface area contributed by atoms with Crippen LogP contribution in [0.3, 0.4) is 0 Å². The van der Waals surface area contributed by atoms with Crippen LogP contribution in [0.1, 0.15) is 16.7 Å². The lowest BCUT2D eigenvalue weighted by molar-refractivity contribution is 0.306. The number of hydrogen-bond donors (Lipinski definition) is 0. The van der Waals surface area contributed by atoms with Gasteiger partial charge < -0.3 is 13.9 Å². The van der Waals surface area contributed by atoms with Crippen molar-refractivity contribution in [2.75, 3.05) is 0 Å². The molecule has 4 rings (SSSR count). The maximum absolute atomic E-state index is 12.8. The Morgan fingerprint density at radius 2 is 1.72 bits per heavy atom. The molecule has 0 aliphatic carbocycles. The van der Waals surface area contributed by atoms with Gasteiger partial charge in [-0.1, -0.05) is 29.8 Å². The summed E-state index contributed by atoms with van der Waals surface area (Å²) >= 11 is 6.00. The molecule has 0 aliphatic rings. The molecule has 1 aromatic heterocycles. The van der Waals surface area contributed by atoms with Crippen molar-refractivity contribution < 1.29 is 13.9 Å². The van der Waals surface area contributed by atoms with Gasteiger partial charge >= 0.3 is 0 Å². The summed E-state index contributed by atoms with van der Waals surface area (Å²) in [5.41, 5.74) is 3.28. The standard InChI is InChI=1S/C24H19ClO4/c1-15-8-16(2)10-20(9-15)29-23-14-28-22-12-19(6-7-21(22)24(23)26)27-13-17-4-3-5-18(25)11-17/h3-12,14H,13H2,1-2H3. The highest BCUT2D eigenvalue weighted by Gasteiger charge is 2.11. The van der Waals surface area contributed by atoms with Crippen molar-refractivity contribution in [3.63, 3.8) is 0 Å². The summed E-state index contributed by atoms with van der Waals surface area (Å²) in [5.74, 6) is 1.36. The van der Waals surface area contributed by atoms with Gasteiger partial charge in [0.1, 0.15) is 30.0 Å². The number of fused-ring (bicyclic) bond motifs is 1. The second-order valence-electron chi connectivity index (χ2n) is 6.93. The summed E-state index contributed by atoms with van der Waals surface area (Å²) in [6.45, 7) is 4.32. The van der Waals surface area contributed by atoms with Crippen molar-refractivity contribution in [3.8, 4) is 17.2 Å². The van der Waals surface area contributed by atoms with E-state index in [2.05, 4.69) is 0 Å². The lowest BCUT2D eigenvalue weighted by Crippen LogP contribution is -2.05. The highest BCUT2D eigenvalue weighted by Crippen LogP contribution is 2.26. The van der Waals surface area contributed by atoms with Crippen LogP contribution in [0.15, 0.2) is 76.1 Å². The third-order valence-electron chi connectivity index (χ3n) is 4.43. The molecule has 1 heterocycles. The molecule has 5 heteroatoms. The maximum atomic E-state index is 12.8. The maximum Gasteiger partial charge on any atom is 0.235 e. The Morgan fingerprint density at radius 3 is 2.48 bits per heavy atom. The monoisotopic (exact) mass is 406 g/mol. The van der Waals surface area contributed by atoms with Crippen LogP contribution in [0.5, 0.6) is 17.2 Å². The average molecular weight is 407 g/mol. The lowest BCUT2D eigenvalue weighted by Gasteiger charge is -2.09. The van der Waals surface area contributed by atoms with E-state index in [1.165, 1.54) is 6.26 Å². The number of aryl methyl sites for hydroxylation is 2. The Bertz CT molecular complexity index is 1220. The largest absolute Gasteiger partial charge is 0.489 e. The summed E-state index contributed by atoms with van der Waals surface area (Å²) in [5, 5.41) is 1.09. The molecule has 0 atom stereocenters. The van der Waals surface area contributed by atoms with Crippen LogP contribution < -0.4 is 14.9 Å². The van der Waals surface area contributed by atoms with E-state index in [-0.39, 0.29) is 11.2 Å². The normalized spacial score (nSPS) is 10.9. The van der Waals surface area contributed by atoms with E-state index in [4.69, 9.17) is 25.5 Å². The van der Waals surface area contributed by atoms with Gasteiger partial charge in [-0.3, -0.25) is 4.79 Å². The number of ether oxygens (including phenoxy) is 2. The van der Waals surface area contributed by atoms with Gasteiger partial charge in [0.2, 0.25) is 11.2 Å². The Morgan fingerprint density at radius 1 is 0.931 bits per heavy atom. The molecule has 0 unspecified atom stereocenters. The lowest BCUT2D eigenvalue weighted by atomic mass is 10.1. The second kappa shape index (κ2) is 8.02. The average Bonchev–Trinajstić information content (AvgIpc) is 2.68. The first-order valence-corrected chi connectivity index (χ1v) is 9.55. The first-order valence-electron chi connectivity index (χ1n) is 9.17. The van der Waals surface area contributed by atoms with Crippen molar-refractivity contribution in [2.45, 2.75) is 20.5 Å². The minimum Gasteiger partial charge on any atom is -0.489 e. The summed E-state index contributed by atoms with van der Waals surface area (Å²) in [4.78, 5) is 12.8. The molecule has 0 bridgehead atoms. The fourth-order valence-corrected chi connectivity index (χ4v) is 3.38. The number of hydrogen-bond acceptors (Lipinski definition) is 4. The van der Waals surface area contributed by atoms with E-state index in [1.807, 2.05) is 56.3 Å². The van der Waals surface area contributed by atoms with Crippen LogP contribution in [0.4, 0.5) is 0 Å². The molecule has 0 amide bonds. The first-order chi connectivity index (χ1) is 14.0. The number of rotatable bonds is 5. The molecule has 0 radical (unpaired) electrons. The molecular formula is C24H19ClO4. The first kappa shape index (κ1) is 19.1. The minimum atomic E-state index is -0.230. The van der Waals surface area contributed by atoms with Crippen LogP contribution in [-0.2, 0) is 6.61 Å². The fourth-order valence-electron chi connectivity index (χ4n) is 3.16. The summed E-state index contributed by atoms with van der Waals surface area (Å²) < 4.78 is 17.2. The third-order valence-corrected chi connectivity index (χ3v) is 4.67. The molecule has 0 fully saturated rings. The molecule has 3 aromatic carbocycles. The zero-order chi connectivity index (χ0) is 20.4. The van der Waals surface area contributed by atoms with E-state index in [9.17, 15) is 4.79 Å². The summed E-state index contributed by atoms with van der Waals surface area (Å²) in [7, 11) is 0.